The molecule has 2 aromatic heterocycles. The topological polar surface area (TPSA) is 57.8 Å². The Labute approximate surface area is 106 Å². The first-order valence-electron chi connectivity index (χ1n) is 5.56. The van der Waals surface area contributed by atoms with Gasteiger partial charge in [-0.25, -0.2) is 4.98 Å². The first kappa shape index (κ1) is 10.3. The van der Waals surface area contributed by atoms with Crippen LogP contribution in [0.15, 0.2) is 18.3 Å². The van der Waals surface area contributed by atoms with Gasteiger partial charge >= 0.3 is 5.66 Å². The lowest BCUT2D eigenvalue weighted by molar-refractivity contribution is -0.871. The minimum absolute atomic E-state index is 0.308. The first-order chi connectivity index (χ1) is 8.53. The molecule has 0 bridgehead atoms. The monoisotopic (exact) mass is 267 g/mol. The Morgan fingerprint density at radius 3 is 2.94 bits per heavy atom. The zero-order valence-electron chi connectivity index (χ0n) is 9.20. The second kappa shape index (κ2) is 2.84. The molecule has 7 heteroatoms. The highest BCUT2D eigenvalue weighted by Crippen LogP contribution is 2.58. The fourth-order valence-electron chi connectivity index (χ4n) is 2.31. The smallest absolute Gasteiger partial charge is 0.316 e. The Morgan fingerprint density at radius 2 is 2.33 bits per heavy atom. The maximum atomic E-state index is 13.4. The van der Waals surface area contributed by atoms with Crippen LogP contribution in [0.4, 0.5) is 4.48 Å². The minimum atomic E-state index is -0.642. The van der Waals surface area contributed by atoms with E-state index in [1.54, 1.807) is 18.3 Å². The number of nitrogens with one attached hydrogen (secondary N) is 2. The van der Waals surface area contributed by atoms with Crippen LogP contribution in [0.25, 0.3) is 10.9 Å². The number of aromatic amines is 1. The number of nitrogens with zero attached hydrogens (tertiary/aromatic N) is 2. The summed E-state index contributed by atoms with van der Waals surface area (Å²) in [6.45, 7) is 0.753. The summed E-state index contributed by atoms with van der Waals surface area (Å²) in [5, 5.41) is 3.83. The predicted molar refractivity (Wildman–Crippen MR) is 62.4 cm³/mol. The zero-order valence-corrected chi connectivity index (χ0v) is 9.96. The van der Waals surface area contributed by atoms with Crippen LogP contribution in [-0.4, -0.2) is 39.3 Å². The van der Waals surface area contributed by atoms with Crippen molar-refractivity contribution in [1.29, 1.82) is 0 Å². The molecular formula is C11H9ClFN4O+. The molecule has 0 spiro atoms. The summed E-state index contributed by atoms with van der Waals surface area (Å²) in [4.78, 5) is 18.8. The molecule has 2 saturated heterocycles. The van der Waals surface area contributed by atoms with Gasteiger partial charge in [0.2, 0.25) is 13.1 Å². The Morgan fingerprint density at radius 1 is 1.61 bits per heavy atom. The van der Waals surface area contributed by atoms with E-state index in [0.717, 1.165) is 5.39 Å². The zero-order chi connectivity index (χ0) is 12.5. The molecule has 0 unspecified atom stereocenters. The number of H-pyrrole nitrogens is 1. The number of carbonyl (C=O) groups excluding carboxylic acids is 1. The van der Waals surface area contributed by atoms with Gasteiger partial charge in [0.25, 0.3) is 5.91 Å². The minimum Gasteiger partial charge on any atom is -0.348 e. The fraction of sp³-hybridized carbons (Fsp3) is 0.273. The van der Waals surface area contributed by atoms with Gasteiger partial charge in [-0.05, 0) is 16.6 Å². The van der Waals surface area contributed by atoms with Crippen molar-refractivity contribution in [3.05, 3.63) is 29.2 Å². The number of halogens is 2. The first-order valence-corrected chi connectivity index (χ1v) is 5.93. The summed E-state index contributed by atoms with van der Waals surface area (Å²) >= 11 is 5.91. The highest BCUT2D eigenvalue weighted by atomic mass is 35.5. The SMILES string of the molecule is O=C(NC12C[N+]1(F)C2)c1cc2ccnc(Cl)c2[nH]1. The van der Waals surface area contributed by atoms with Gasteiger partial charge in [0.05, 0.1) is 5.52 Å². The van der Waals surface area contributed by atoms with Gasteiger partial charge < -0.3 is 4.98 Å². The molecule has 92 valence electrons. The highest BCUT2D eigenvalue weighted by Gasteiger charge is 2.94. The summed E-state index contributed by atoms with van der Waals surface area (Å²) < 4.78 is 12.8. The Kier molecular flexibility index (Phi) is 1.62. The van der Waals surface area contributed by atoms with E-state index in [4.69, 9.17) is 11.6 Å². The van der Waals surface area contributed by atoms with Gasteiger partial charge in [-0.15, -0.1) is 0 Å². The van der Waals surface area contributed by atoms with Crippen LogP contribution < -0.4 is 5.32 Å². The van der Waals surface area contributed by atoms with Gasteiger partial charge in [0.1, 0.15) is 5.69 Å². The molecule has 0 radical (unpaired) electrons. The molecule has 2 N–H and O–H groups in total. The van der Waals surface area contributed by atoms with Crippen LogP contribution in [0.5, 0.6) is 0 Å². The number of hydrogen-bond acceptors (Lipinski definition) is 2. The van der Waals surface area contributed by atoms with Crippen LogP contribution in [0.1, 0.15) is 10.5 Å². The van der Waals surface area contributed by atoms with Crippen LogP contribution in [0.2, 0.25) is 5.15 Å². The van der Waals surface area contributed by atoms with E-state index >= 15 is 0 Å². The molecule has 4 rings (SSSR count). The number of aromatic nitrogens is 2. The molecule has 2 aliphatic heterocycles. The third-order valence-corrected chi connectivity index (χ3v) is 3.96. The molecule has 2 aromatic rings. The lowest BCUT2D eigenvalue weighted by Gasteiger charge is -1.96. The van der Waals surface area contributed by atoms with E-state index in [0.29, 0.717) is 29.5 Å². The average Bonchev–Trinajstić information content (AvgIpc) is 2.94. The standard InChI is InChI=1S/C11H8ClFN4O/c12-9-8-6(1-2-14-9)3-7(15-8)10(18)16-11-4-17(11,13)5-11/h1-3H,4-5H2,(H-,14,15,16,18)/p+1. The van der Waals surface area contributed by atoms with Crippen molar-refractivity contribution in [2.75, 3.05) is 13.1 Å². The summed E-state index contributed by atoms with van der Waals surface area (Å²) in [5.74, 6) is -0.308. The molecule has 2 aliphatic rings. The van der Waals surface area contributed by atoms with Crippen molar-refractivity contribution < 1.29 is 14.0 Å². The summed E-state index contributed by atoms with van der Waals surface area (Å²) in [6.07, 6.45) is 1.57. The van der Waals surface area contributed by atoms with E-state index in [2.05, 4.69) is 15.3 Å². The molecule has 0 atom stereocenters. The van der Waals surface area contributed by atoms with Crippen LogP contribution in [0, 0.1) is 0 Å². The Balaban J connectivity index is 1.66. The van der Waals surface area contributed by atoms with Crippen LogP contribution >= 0.6 is 11.6 Å². The maximum Gasteiger partial charge on any atom is 0.316 e. The average molecular weight is 268 g/mol. The fourth-order valence-corrected chi connectivity index (χ4v) is 2.53. The van der Waals surface area contributed by atoms with Gasteiger partial charge in [0, 0.05) is 11.6 Å². The second-order valence-corrected chi connectivity index (χ2v) is 5.27. The van der Waals surface area contributed by atoms with Gasteiger partial charge in [-0.3, -0.25) is 10.1 Å². The van der Waals surface area contributed by atoms with Crippen molar-refractivity contribution in [1.82, 2.24) is 15.3 Å². The van der Waals surface area contributed by atoms with E-state index in [9.17, 15) is 9.28 Å². The number of pyridine rings is 1. The van der Waals surface area contributed by atoms with Crippen molar-refractivity contribution in [2.24, 2.45) is 0 Å². The van der Waals surface area contributed by atoms with Crippen molar-refractivity contribution in [3.8, 4) is 0 Å². The van der Waals surface area contributed by atoms with E-state index < -0.39 is 10.4 Å². The van der Waals surface area contributed by atoms with Gasteiger partial charge in [0.15, 0.2) is 5.15 Å². The van der Waals surface area contributed by atoms with E-state index in [1.807, 2.05) is 0 Å². The largest absolute Gasteiger partial charge is 0.348 e. The molecule has 1 amide bonds. The molecule has 5 nitrogen and oxygen atoms in total. The van der Waals surface area contributed by atoms with Crippen molar-refractivity contribution in [2.45, 2.75) is 5.66 Å². The highest BCUT2D eigenvalue weighted by molar-refractivity contribution is 6.33. The number of quaternary nitrogens is 1. The number of rotatable bonds is 2. The Hall–Kier alpha value is -1.66. The summed E-state index contributed by atoms with van der Waals surface area (Å²) in [6, 6.07) is 3.45. The van der Waals surface area contributed by atoms with E-state index in [-0.39, 0.29) is 5.91 Å². The number of amides is 1. The van der Waals surface area contributed by atoms with Crippen LogP contribution in [0.3, 0.4) is 0 Å². The number of fused-ring (bicyclic) bond motifs is 2. The lowest BCUT2D eigenvalue weighted by atomic mass is 10.3. The third kappa shape index (κ3) is 1.19. The van der Waals surface area contributed by atoms with Crippen molar-refractivity contribution >= 4 is 28.4 Å². The maximum absolute atomic E-state index is 13.4. The molecule has 18 heavy (non-hydrogen) atoms. The molecule has 2 fully saturated rings. The third-order valence-electron chi connectivity index (χ3n) is 3.67. The normalized spacial score (nSPS) is 32.1. The molecule has 0 aliphatic carbocycles. The van der Waals surface area contributed by atoms with E-state index in [1.165, 1.54) is 0 Å². The molecular weight excluding hydrogens is 259 g/mol. The van der Waals surface area contributed by atoms with Crippen LogP contribution in [-0.2, 0) is 0 Å². The quantitative estimate of drug-likeness (QED) is 0.491. The van der Waals surface area contributed by atoms with Gasteiger partial charge in [-0.2, -0.15) is 0 Å². The summed E-state index contributed by atoms with van der Waals surface area (Å²) in [5.41, 5.74) is 0.352. The second-order valence-electron chi connectivity index (χ2n) is 4.91. The number of hydrogen-bond donors (Lipinski definition) is 2. The molecule has 0 aromatic carbocycles. The number of carbonyl (C=O) groups is 1. The lowest BCUT2D eigenvalue weighted by Crippen LogP contribution is -2.33. The molecule has 0 saturated carbocycles. The van der Waals surface area contributed by atoms with Crippen molar-refractivity contribution in [3.63, 3.8) is 0 Å². The summed E-state index contributed by atoms with van der Waals surface area (Å²) in [7, 11) is 0. The Bertz CT molecular complexity index is 691. The molecule has 4 heterocycles. The predicted octanol–water partition coefficient (Wildman–Crippen LogP) is 1.37. The van der Waals surface area contributed by atoms with Gasteiger partial charge in [-0.1, -0.05) is 16.3 Å².